The Labute approximate surface area is 119 Å². The molecular formula is C15H21N3S. The Morgan fingerprint density at radius 3 is 2.58 bits per heavy atom. The van der Waals surface area contributed by atoms with E-state index in [-0.39, 0.29) is 5.54 Å². The standard InChI is InChI=1S/C15H21N3S/c1-11-6-5-7-12(8-11)9-13-17-18-14(19-13)10-16-15(2,3)4/h5-8,16H,9-10H2,1-4H3. The lowest BCUT2D eigenvalue weighted by Crippen LogP contribution is -2.35. The normalized spacial score (nSPS) is 11.8. The van der Waals surface area contributed by atoms with Gasteiger partial charge in [-0.1, -0.05) is 41.2 Å². The van der Waals surface area contributed by atoms with Gasteiger partial charge in [-0.3, -0.25) is 0 Å². The number of benzene rings is 1. The maximum Gasteiger partial charge on any atom is 0.131 e. The molecule has 1 aromatic carbocycles. The summed E-state index contributed by atoms with van der Waals surface area (Å²) in [5.74, 6) is 0. The fraction of sp³-hybridized carbons (Fsp3) is 0.467. The van der Waals surface area contributed by atoms with E-state index in [4.69, 9.17) is 0 Å². The minimum absolute atomic E-state index is 0.113. The molecule has 0 aliphatic heterocycles. The molecule has 0 bridgehead atoms. The highest BCUT2D eigenvalue weighted by molar-refractivity contribution is 7.11. The van der Waals surface area contributed by atoms with E-state index in [1.165, 1.54) is 11.1 Å². The highest BCUT2D eigenvalue weighted by Crippen LogP contribution is 2.16. The first-order valence-electron chi connectivity index (χ1n) is 6.54. The second kappa shape index (κ2) is 5.80. The van der Waals surface area contributed by atoms with Gasteiger partial charge in [-0.05, 0) is 33.3 Å². The summed E-state index contributed by atoms with van der Waals surface area (Å²) in [5, 5.41) is 14.1. The minimum Gasteiger partial charge on any atom is -0.306 e. The van der Waals surface area contributed by atoms with Gasteiger partial charge in [0.1, 0.15) is 10.0 Å². The molecular weight excluding hydrogens is 254 g/mol. The number of aryl methyl sites for hydroxylation is 1. The summed E-state index contributed by atoms with van der Waals surface area (Å²) in [6, 6.07) is 8.55. The lowest BCUT2D eigenvalue weighted by Gasteiger charge is -2.19. The van der Waals surface area contributed by atoms with E-state index >= 15 is 0 Å². The van der Waals surface area contributed by atoms with E-state index in [2.05, 4.69) is 67.5 Å². The molecule has 1 N–H and O–H groups in total. The Morgan fingerprint density at radius 1 is 1.16 bits per heavy atom. The maximum atomic E-state index is 4.27. The van der Waals surface area contributed by atoms with Gasteiger partial charge in [-0.25, -0.2) is 0 Å². The summed E-state index contributed by atoms with van der Waals surface area (Å²) >= 11 is 1.69. The van der Waals surface area contributed by atoms with E-state index in [9.17, 15) is 0 Å². The smallest absolute Gasteiger partial charge is 0.131 e. The third-order valence-corrected chi connectivity index (χ3v) is 3.64. The van der Waals surface area contributed by atoms with Gasteiger partial charge >= 0.3 is 0 Å². The van der Waals surface area contributed by atoms with Crippen molar-refractivity contribution in [3.63, 3.8) is 0 Å². The van der Waals surface area contributed by atoms with Crippen molar-refractivity contribution in [2.24, 2.45) is 0 Å². The molecule has 3 nitrogen and oxygen atoms in total. The number of hydrogen-bond acceptors (Lipinski definition) is 4. The van der Waals surface area contributed by atoms with Crippen molar-refractivity contribution in [3.8, 4) is 0 Å². The van der Waals surface area contributed by atoms with Crippen molar-refractivity contribution >= 4 is 11.3 Å². The molecule has 102 valence electrons. The fourth-order valence-corrected chi connectivity index (χ4v) is 2.59. The van der Waals surface area contributed by atoms with Gasteiger partial charge in [0.15, 0.2) is 0 Å². The first kappa shape index (κ1) is 14.2. The average Bonchev–Trinajstić information content (AvgIpc) is 2.73. The molecule has 0 saturated heterocycles. The molecule has 0 aliphatic rings. The van der Waals surface area contributed by atoms with E-state index in [0.717, 1.165) is 23.0 Å². The van der Waals surface area contributed by atoms with E-state index in [0.29, 0.717) is 0 Å². The topological polar surface area (TPSA) is 37.8 Å². The third kappa shape index (κ3) is 4.73. The van der Waals surface area contributed by atoms with Crippen molar-refractivity contribution < 1.29 is 0 Å². The second-order valence-electron chi connectivity index (χ2n) is 5.86. The Morgan fingerprint density at radius 2 is 1.89 bits per heavy atom. The van der Waals surface area contributed by atoms with Gasteiger partial charge in [0.25, 0.3) is 0 Å². The summed E-state index contributed by atoms with van der Waals surface area (Å²) in [5.41, 5.74) is 2.70. The van der Waals surface area contributed by atoms with Crippen molar-refractivity contribution in [3.05, 3.63) is 45.4 Å². The molecule has 0 unspecified atom stereocenters. The summed E-state index contributed by atoms with van der Waals surface area (Å²) in [6.45, 7) is 9.36. The number of nitrogens with one attached hydrogen (secondary N) is 1. The average molecular weight is 275 g/mol. The zero-order valence-electron chi connectivity index (χ0n) is 12.0. The van der Waals surface area contributed by atoms with E-state index in [1.807, 2.05) is 0 Å². The second-order valence-corrected chi connectivity index (χ2v) is 7.01. The molecule has 0 amide bonds. The van der Waals surface area contributed by atoms with Crippen molar-refractivity contribution in [2.75, 3.05) is 0 Å². The van der Waals surface area contributed by atoms with Crippen LogP contribution >= 0.6 is 11.3 Å². The molecule has 1 heterocycles. The molecule has 2 aromatic rings. The lowest BCUT2D eigenvalue weighted by molar-refractivity contribution is 0.423. The Hall–Kier alpha value is -1.26. The predicted octanol–water partition coefficient (Wildman–Crippen LogP) is 3.33. The highest BCUT2D eigenvalue weighted by Gasteiger charge is 2.11. The van der Waals surface area contributed by atoms with Crippen LogP contribution in [0.15, 0.2) is 24.3 Å². The molecule has 0 saturated carbocycles. The van der Waals surface area contributed by atoms with Crippen LogP contribution in [0.25, 0.3) is 0 Å². The fourth-order valence-electron chi connectivity index (χ4n) is 1.77. The Kier molecular flexibility index (Phi) is 4.32. The minimum atomic E-state index is 0.113. The molecule has 0 atom stereocenters. The first-order chi connectivity index (χ1) is 8.92. The van der Waals surface area contributed by atoms with Crippen LogP contribution in [-0.4, -0.2) is 15.7 Å². The molecule has 0 radical (unpaired) electrons. The molecule has 0 fully saturated rings. The summed E-state index contributed by atoms with van der Waals surface area (Å²) in [4.78, 5) is 0. The van der Waals surface area contributed by atoms with Crippen LogP contribution in [0.5, 0.6) is 0 Å². The van der Waals surface area contributed by atoms with Gasteiger partial charge in [-0.2, -0.15) is 0 Å². The van der Waals surface area contributed by atoms with Crippen LogP contribution in [-0.2, 0) is 13.0 Å². The SMILES string of the molecule is Cc1cccc(Cc2nnc(CNC(C)(C)C)s2)c1. The monoisotopic (exact) mass is 275 g/mol. The Balaban J connectivity index is 1.97. The quantitative estimate of drug-likeness (QED) is 0.930. The van der Waals surface area contributed by atoms with Crippen LogP contribution in [0.2, 0.25) is 0 Å². The van der Waals surface area contributed by atoms with Crippen molar-refractivity contribution in [1.82, 2.24) is 15.5 Å². The van der Waals surface area contributed by atoms with Gasteiger partial charge in [0.05, 0.1) is 6.54 Å². The largest absolute Gasteiger partial charge is 0.306 e. The van der Waals surface area contributed by atoms with Gasteiger partial charge < -0.3 is 5.32 Å². The highest BCUT2D eigenvalue weighted by atomic mass is 32.1. The van der Waals surface area contributed by atoms with Gasteiger partial charge in [0.2, 0.25) is 0 Å². The number of nitrogens with zero attached hydrogens (tertiary/aromatic N) is 2. The molecule has 1 aromatic heterocycles. The van der Waals surface area contributed by atoms with E-state index in [1.54, 1.807) is 11.3 Å². The maximum absolute atomic E-state index is 4.27. The molecule has 0 aliphatic carbocycles. The zero-order chi connectivity index (χ0) is 13.9. The summed E-state index contributed by atoms with van der Waals surface area (Å²) in [6.07, 6.45) is 0.870. The number of hydrogen-bond donors (Lipinski definition) is 1. The van der Waals surface area contributed by atoms with Crippen molar-refractivity contribution in [1.29, 1.82) is 0 Å². The molecule has 0 spiro atoms. The Bertz CT molecular complexity index is 540. The van der Waals surface area contributed by atoms with Gasteiger partial charge in [0, 0.05) is 12.0 Å². The third-order valence-electron chi connectivity index (χ3n) is 2.72. The summed E-state index contributed by atoms with van der Waals surface area (Å²) < 4.78 is 0. The predicted molar refractivity (Wildman–Crippen MR) is 80.5 cm³/mol. The van der Waals surface area contributed by atoms with Crippen LogP contribution < -0.4 is 5.32 Å². The van der Waals surface area contributed by atoms with E-state index < -0.39 is 0 Å². The van der Waals surface area contributed by atoms with Gasteiger partial charge in [-0.15, -0.1) is 10.2 Å². The lowest BCUT2D eigenvalue weighted by atomic mass is 10.1. The van der Waals surface area contributed by atoms with Crippen LogP contribution in [0, 0.1) is 6.92 Å². The van der Waals surface area contributed by atoms with Crippen LogP contribution in [0.1, 0.15) is 41.9 Å². The summed E-state index contributed by atoms with van der Waals surface area (Å²) in [7, 11) is 0. The number of rotatable bonds is 4. The molecule has 4 heteroatoms. The van der Waals surface area contributed by atoms with Crippen LogP contribution in [0.4, 0.5) is 0 Å². The molecule has 2 rings (SSSR count). The zero-order valence-corrected chi connectivity index (χ0v) is 12.8. The first-order valence-corrected chi connectivity index (χ1v) is 7.36. The molecule has 19 heavy (non-hydrogen) atoms. The van der Waals surface area contributed by atoms with Crippen LogP contribution in [0.3, 0.4) is 0 Å². The van der Waals surface area contributed by atoms with Crippen molar-refractivity contribution in [2.45, 2.75) is 46.2 Å². The number of aromatic nitrogens is 2.